The van der Waals surface area contributed by atoms with Crippen LogP contribution in [0.5, 0.6) is 0 Å². The van der Waals surface area contributed by atoms with Crippen LogP contribution in [0.25, 0.3) is 0 Å². The number of nitrogens with one attached hydrogen (secondary N) is 1. The van der Waals surface area contributed by atoms with Crippen LogP contribution in [0.1, 0.15) is 15.4 Å². The maximum Gasteiger partial charge on any atom is 0.278 e. The fourth-order valence-electron chi connectivity index (χ4n) is 0.654. The predicted molar refractivity (Wildman–Crippen MR) is 47.0 cm³/mol. The van der Waals surface area contributed by atoms with E-state index in [9.17, 15) is 13.2 Å². The Labute approximate surface area is 79.2 Å². The average Bonchev–Trinajstić information content (AvgIpc) is 2.30. The van der Waals surface area contributed by atoms with E-state index in [1.165, 1.54) is 0 Å². The number of carbonyl (C=O) groups excluding carboxylic acids is 1. The van der Waals surface area contributed by atoms with Crippen molar-refractivity contribution < 1.29 is 13.2 Å². The lowest BCUT2D eigenvalue weighted by Gasteiger charge is -1.98. The lowest BCUT2D eigenvalue weighted by molar-refractivity contribution is 0.0985. The molecule has 0 atom stereocenters. The Bertz CT molecular complexity index is 422. The number of amides is 1. The molecule has 0 aliphatic heterocycles. The molecule has 0 aliphatic carbocycles. The molecule has 1 aromatic rings. The lowest BCUT2D eigenvalue weighted by Crippen LogP contribution is -2.29. The maximum absolute atomic E-state index is 11.2. The zero-order chi connectivity index (χ0) is 10.1. The van der Waals surface area contributed by atoms with E-state index in [1.807, 2.05) is 4.72 Å². The van der Waals surface area contributed by atoms with Crippen molar-refractivity contribution in [2.45, 2.75) is 6.92 Å². The molecule has 1 heterocycles. The number of nitrogens with zero attached hydrogens (tertiary/aromatic N) is 2. The summed E-state index contributed by atoms with van der Waals surface area (Å²) in [5.41, 5.74) is 0.422. The van der Waals surface area contributed by atoms with Gasteiger partial charge in [0.2, 0.25) is 10.0 Å². The molecule has 0 bridgehead atoms. The highest BCUT2D eigenvalue weighted by atomic mass is 32.2. The number of sulfonamides is 1. The van der Waals surface area contributed by atoms with Crippen molar-refractivity contribution in [3.05, 3.63) is 10.6 Å². The molecule has 1 aromatic heterocycles. The van der Waals surface area contributed by atoms with Crippen LogP contribution in [0.4, 0.5) is 0 Å². The van der Waals surface area contributed by atoms with Crippen LogP contribution in [-0.4, -0.2) is 30.2 Å². The average molecular weight is 221 g/mol. The molecule has 0 radical (unpaired) electrons. The third kappa shape index (κ3) is 2.74. The van der Waals surface area contributed by atoms with Gasteiger partial charge in [-0.2, -0.15) is 0 Å². The van der Waals surface area contributed by atoms with Crippen LogP contribution >= 0.6 is 11.5 Å². The van der Waals surface area contributed by atoms with Crippen molar-refractivity contribution in [1.29, 1.82) is 0 Å². The molecule has 8 heteroatoms. The van der Waals surface area contributed by atoms with Gasteiger partial charge in [0.25, 0.3) is 5.91 Å². The number of hydrogen-bond donors (Lipinski definition) is 1. The quantitative estimate of drug-likeness (QED) is 0.729. The molecule has 0 saturated heterocycles. The van der Waals surface area contributed by atoms with Crippen molar-refractivity contribution in [1.82, 2.24) is 14.3 Å². The van der Waals surface area contributed by atoms with Gasteiger partial charge in [0, 0.05) is 0 Å². The standard InChI is InChI=1S/C5H7N3O3S2/c1-3-4(12-8-6-3)5(9)7-13(2,10)11/h1-2H3,(H,7,9). The molecule has 0 spiro atoms. The van der Waals surface area contributed by atoms with Gasteiger partial charge in [0.1, 0.15) is 4.88 Å². The molecule has 6 nitrogen and oxygen atoms in total. The predicted octanol–water partition coefficient (Wildman–Crippen LogP) is -0.464. The Hall–Kier alpha value is -1.02. The fourth-order valence-corrected chi connectivity index (χ4v) is 1.71. The molecule has 0 aromatic carbocycles. The first-order chi connectivity index (χ1) is 5.90. The Morgan fingerprint density at radius 1 is 1.54 bits per heavy atom. The summed E-state index contributed by atoms with van der Waals surface area (Å²) in [5, 5.41) is 3.58. The second-order valence-corrected chi connectivity index (χ2v) is 4.89. The SMILES string of the molecule is Cc1nnsc1C(=O)NS(C)(=O)=O. The number of aryl methyl sites for hydroxylation is 1. The molecular weight excluding hydrogens is 214 g/mol. The topological polar surface area (TPSA) is 89.0 Å². The van der Waals surface area contributed by atoms with E-state index >= 15 is 0 Å². The monoisotopic (exact) mass is 221 g/mol. The highest BCUT2D eigenvalue weighted by Crippen LogP contribution is 2.08. The summed E-state index contributed by atoms with van der Waals surface area (Å²) < 4.78 is 26.7. The molecule has 0 unspecified atom stereocenters. The fraction of sp³-hybridized carbons (Fsp3) is 0.400. The number of aromatic nitrogens is 2. The van der Waals surface area contributed by atoms with Crippen LogP contribution in [0.2, 0.25) is 0 Å². The van der Waals surface area contributed by atoms with Gasteiger partial charge in [0.05, 0.1) is 11.9 Å². The third-order valence-electron chi connectivity index (χ3n) is 1.14. The van der Waals surface area contributed by atoms with Gasteiger partial charge in [-0.15, -0.1) is 5.10 Å². The minimum absolute atomic E-state index is 0.213. The summed E-state index contributed by atoms with van der Waals surface area (Å²) in [5.74, 6) is -0.685. The van der Waals surface area contributed by atoms with Gasteiger partial charge in [-0.05, 0) is 18.5 Å². The summed E-state index contributed by atoms with van der Waals surface area (Å²) in [4.78, 5) is 11.4. The summed E-state index contributed by atoms with van der Waals surface area (Å²) in [6.07, 6.45) is 0.911. The molecule has 72 valence electrons. The molecule has 0 fully saturated rings. The summed E-state index contributed by atoms with van der Waals surface area (Å²) in [7, 11) is -3.51. The molecule has 1 amide bonds. The van der Waals surface area contributed by atoms with E-state index in [1.54, 1.807) is 6.92 Å². The van der Waals surface area contributed by atoms with Gasteiger partial charge in [-0.1, -0.05) is 4.49 Å². The van der Waals surface area contributed by atoms with Gasteiger partial charge < -0.3 is 0 Å². The van der Waals surface area contributed by atoms with Gasteiger partial charge in [-0.25, -0.2) is 13.1 Å². The Balaban J connectivity index is 2.88. The second-order valence-electron chi connectivity index (χ2n) is 2.39. The minimum Gasteiger partial charge on any atom is -0.267 e. The molecule has 0 saturated carbocycles. The highest BCUT2D eigenvalue weighted by molar-refractivity contribution is 7.89. The van der Waals surface area contributed by atoms with Crippen molar-refractivity contribution in [2.24, 2.45) is 0 Å². The van der Waals surface area contributed by atoms with E-state index in [-0.39, 0.29) is 4.88 Å². The first kappa shape index (κ1) is 10.1. The molecule has 0 aliphatic rings. The first-order valence-corrected chi connectivity index (χ1v) is 5.87. The van der Waals surface area contributed by atoms with Crippen molar-refractivity contribution in [3.8, 4) is 0 Å². The molecule has 13 heavy (non-hydrogen) atoms. The van der Waals surface area contributed by atoms with E-state index in [4.69, 9.17) is 0 Å². The summed E-state index contributed by atoms with van der Waals surface area (Å²) >= 11 is 0.861. The van der Waals surface area contributed by atoms with Crippen molar-refractivity contribution in [3.63, 3.8) is 0 Å². The number of carbonyl (C=O) groups is 1. The largest absolute Gasteiger partial charge is 0.278 e. The lowest BCUT2D eigenvalue weighted by atomic mass is 10.4. The van der Waals surface area contributed by atoms with Crippen molar-refractivity contribution >= 4 is 27.5 Å². The van der Waals surface area contributed by atoms with E-state index in [2.05, 4.69) is 9.59 Å². The zero-order valence-corrected chi connectivity index (χ0v) is 8.57. The minimum atomic E-state index is -3.51. The van der Waals surface area contributed by atoms with Crippen LogP contribution < -0.4 is 4.72 Å². The highest BCUT2D eigenvalue weighted by Gasteiger charge is 2.16. The zero-order valence-electron chi connectivity index (χ0n) is 6.94. The number of hydrogen-bond acceptors (Lipinski definition) is 6. The second kappa shape index (κ2) is 3.38. The maximum atomic E-state index is 11.2. The van der Waals surface area contributed by atoms with Crippen LogP contribution in [0.3, 0.4) is 0 Å². The Morgan fingerprint density at radius 3 is 2.54 bits per heavy atom. The van der Waals surface area contributed by atoms with Gasteiger partial charge in [0.15, 0.2) is 0 Å². The molecule has 1 rings (SSSR count). The Morgan fingerprint density at radius 2 is 2.15 bits per heavy atom. The molecular formula is C5H7N3O3S2. The summed E-state index contributed by atoms with van der Waals surface area (Å²) in [6.45, 7) is 1.58. The van der Waals surface area contributed by atoms with Crippen LogP contribution in [0, 0.1) is 6.92 Å². The first-order valence-electron chi connectivity index (χ1n) is 3.21. The van der Waals surface area contributed by atoms with E-state index in [0.29, 0.717) is 5.69 Å². The van der Waals surface area contributed by atoms with Crippen LogP contribution in [-0.2, 0) is 10.0 Å². The van der Waals surface area contributed by atoms with Gasteiger partial charge in [-0.3, -0.25) is 4.79 Å². The van der Waals surface area contributed by atoms with Crippen LogP contribution in [0.15, 0.2) is 0 Å². The summed E-state index contributed by atoms with van der Waals surface area (Å²) in [6, 6.07) is 0. The normalized spacial score (nSPS) is 11.2. The number of rotatable bonds is 2. The van der Waals surface area contributed by atoms with E-state index < -0.39 is 15.9 Å². The Kier molecular flexibility index (Phi) is 2.62. The van der Waals surface area contributed by atoms with Gasteiger partial charge >= 0.3 is 0 Å². The van der Waals surface area contributed by atoms with Crippen molar-refractivity contribution in [2.75, 3.05) is 6.26 Å². The third-order valence-corrected chi connectivity index (χ3v) is 2.52. The van der Waals surface area contributed by atoms with E-state index in [0.717, 1.165) is 17.8 Å². The smallest absolute Gasteiger partial charge is 0.267 e. The molecule has 1 N–H and O–H groups in total.